The van der Waals surface area contributed by atoms with E-state index < -0.39 is 5.60 Å². The number of nitrogens with zero attached hydrogens (tertiary/aromatic N) is 4. The number of ether oxygens (including phenoxy) is 2. The third-order valence-corrected chi connectivity index (χ3v) is 5.34. The summed E-state index contributed by atoms with van der Waals surface area (Å²) in [5.74, 6) is 1.48. The van der Waals surface area contributed by atoms with Crippen LogP contribution in [0.25, 0.3) is 0 Å². The number of aliphatic imine (C=N–C) groups is 1. The van der Waals surface area contributed by atoms with Crippen LogP contribution < -0.4 is 10.1 Å². The summed E-state index contributed by atoms with van der Waals surface area (Å²) in [5.41, 5.74) is 1.69. The van der Waals surface area contributed by atoms with E-state index in [2.05, 4.69) is 20.2 Å². The first kappa shape index (κ1) is 21.9. The Kier molecular flexibility index (Phi) is 6.48. The van der Waals surface area contributed by atoms with Gasteiger partial charge in [0.25, 0.3) is 0 Å². The van der Waals surface area contributed by atoms with Crippen molar-refractivity contribution >= 4 is 12.1 Å². The Morgan fingerprint density at radius 1 is 1.16 bits per heavy atom. The minimum atomic E-state index is -0.485. The molecule has 8 nitrogen and oxygen atoms in total. The second-order valence-corrected chi connectivity index (χ2v) is 9.07. The van der Waals surface area contributed by atoms with Crippen molar-refractivity contribution < 1.29 is 14.3 Å². The normalized spacial score (nSPS) is 18.1. The second kappa shape index (κ2) is 9.46. The summed E-state index contributed by atoms with van der Waals surface area (Å²) in [6, 6.07) is 14.1. The lowest BCUT2D eigenvalue weighted by atomic mass is 10.2. The first-order valence-electron chi connectivity index (χ1n) is 11.0. The van der Waals surface area contributed by atoms with Crippen molar-refractivity contribution in [2.24, 2.45) is 4.99 Å². The van der Waals surface area contributed by atoms with Crippen molar-refractivity contribution in [3.05, 3.63) is 59.8 Å². The predicted molar refractivity (Wildman–Crippen MR) is 122 cm³/mol. The summed E-state index contributed by atoms with van der Waals surface area (Å²) in [4.78, 5) is 25.4. The van der Waals surface area contributed by atoms with Crippen LogP contribution in [-0.2, 0) is 17.9 Å². The average Bonchev–Trinajstić information content (AvgIpc) is 3.18. The highest BCUT2D eigenvalue weighted by atomic mass is 16.6. The molecule has 0 saturated carbocycles. The Morgan fingerprint density at radius 3 is 2.75 bits per heavy atom. The first-order valence-corrected chi connectivity index (χ1v) is 11.0. The monoisotopic (exact) mass is 437 g/mol. The van der Waals surface area contributed by atoms with Crippen LogP contribution in [0.5, 0.6) is 5.88 Å². The van der Waals surface area contributed by atoms with E-state index in [0.717, 1.165) is 23.6 Å². The number of nitrogens with one attached hydrogen (secondary N) is 1. The highest BCUT2D eigenvalue weighted by Crippen LogP contribution is 2.19. The van der Waals surface area contributed by atoms with Crippen LogP contribution in [0.1, 0.15) is 31.9 Å². The van der Waals surface area contributed by atoms with E-state index in [0.29, 0.717) is 38.7 Å². The largest absolute Gasteiger partial charge is 0.473 e. The molecule has 2 aromatic rings. The van der Waals surface area contributed by atoms with Crippen molar-refractivity contribution in [1.29, 1.82) is 0 Å². The van der Waals surface area contributed by atoms with Crippen molar-refractivity contribution in [3.8, 4) is 5.88 Å². The third-order valence-electron chi connectivity index (χ3n) is 5.34. The molecule has 0 radical (unpaired) electrons. The van der Waals surface area contributed by atoms with Gasteiger partial charge in [-0.15, -0.1) is 0 Å². The standard InChI is InChI=1S/C24H31N5O3/c1-24(2,3)32-23(30)28-11-12-29-20(16-28)15-27-22(29)26-14-19-9-10-25-21(13-19)31-17-18-7-5-4-6-8-18/h4-10,13,20H,11-12,14-17H2,1-3H3,(H,26,27). The van der Waals surface area contributed by atoms with Crippen LogP contribution in [0.2, 0.25) is 0 Å². The van der Waals surface area contributed by atoms with Gasteiger partial charge >= 0.3 is 6.09 Å². The number of carbonyl (C=O) groups excluding carboxylic acids is 1. The number of benzene rings is 1. The van der Waals surface area contributed by atoms with E-state index in [-0.39, 0.29) is 12.1 Å². The molecule has 4 rings (SSSR count). The summed E-state index contributed by atoms with van der Waals surface area (Å²) in [5, 5.41) is 3.44. The molecule has 1 saturated heterocycles. The van der Waals surface area contributed by atoms with E-state index in [4.69, 9.17) is 9.47 Å². The molecular formula is C24H31N5O3. The molecule has 1 atom stereocenters. The highest BCUT2D eigenvalue weighted by molar-refractivity contribution is 5.82. The van der Waals surface area contributed by atoms with Gasteiger partial charge in [-0.2, -0.15) is 0 Å². The summed E-state index contributed by atoms with van der Waals surface area (Å²) >= 11 is 0. The number of amides is 1. The lowest BCUT2D eigenvalue weighted by Crippen LogP contribution is -2.57. The Morgan fingerprint density at radius 2 is 1.97 bits per heavy atom. The molecule has 1 aromatic heterocycles. The summed E-state index contributed by atoms with van der Waals surface area (Å²) < 4.78 is 11.3. The van der Waals surface area contributed by atoms with E-state index >= 15 is 0 Å². The van der Waals surface area contributed by atoms with Gasteiger partial charge in [0.1, 0.15) is 12.2 Å². The summed E-state index contributed by atoms with van der Waals surface area (Å²) in [7, 11) is 0. The fourth-order valence-corrected chi connectivity index (χ4v) is 3.77. The number of carbonyl (C=O) groups is 1. The number of pyridine rings is 1. The molecule has 0 bridgehead atoms. The minimum absolute atomic E-state index is 0.181. The Hall–Kier alpha value is -3.29. The summed E-state index contributed by atoms with van der Waals surface area (Å²) in [6.07, 6.45) is 1.51. The maximum atomic E-state index is 12.4. The number of fused-ring (bicyclic) bond motifs is 1. The number of hydrogen-bond acceptors (Lipinski definition) is 7. The molecular weight excluding hydrogens is 406 g/mol. The Bertz CT molecular complexity index is 958. The quantitative estimate of drug-likeness (QED) is 0.775. The molecule has 1 N–H and O–H groups in total. The maximum absolute atomic E-state index is 12.4. The number of rotatable bonds is 5. The fraction of sp³-hybridized carbons (Fsp3) is 0.458. The van der Waals surface area contributed by atoms with Gasteiger partial charge in [0.15, 0.2) is 5.96 Å². The van der Waals surface area contributed by atoms with Gasteiger partial charge in [-0.05, 0) is 38.0 Å². The van der Waals surface area contributed by atoms with Gasteiger partial charge in [-0.3, -0.25) is 4.99 Å². The molecule has 170 valence electrons. The molecule has 1 aromatic carbocycles. The van der Waals surface area contributed by atoms with E-state index in [1.165, 1.54) is 0 Å². The molecule has 8 heteroatoms. The molecule has 1 fully saturated rings. The lowest BCUT2D eigenvalue weighted by Gasteiger charge is -2.39. The molecule has 2 aliphatic heterocycles. The number of aromatic nitrogens is 1. The van der Waals surface area contributed by atoms with E-state index in [1.54, 1.807) is 11.1 Å². The Labute approximate surface area is 189 Å². The van der Waals surface area contributed by atoms with Crippen LogP contribution >= 0.6 is 0 Å². The molecule has 1 amide bonds. The number of piperazine rings is 1. The minimum Gasteiger partial charge on any atom is -0.473 e. The molecule has 0 aliphatic carbocycles. The molecule has 1 unspecified atom stereocenters. The molecule has 32 heavy (non-hydrogen) atoms. The summed E-state index contributed by atoms with van der Waals surface area (Å²) in [6.45, 7) is 9.43. The first-order chi connectivity index (χ1) is 15.4. The van der Waals surface area contributed by atoms with Crippen LogP contribution in [0.3, 0.4) is 0 Å². The van der Waals surface area contributed by atoms with Crippen LogP contribution in [-0.4, -0.2) is 64.7 Å². The maximum Gasteiger partial charge on any atom is 0.410 e. The van der Waals surface area contributed by atoms with Gasteiger partial charge in [0.2, 0.25) is 5.88 Å². The van der Waals surface area contributed by atoms with Gasteiger partial charge in [0, 0.05) is 38.4 Å². The second-order valence-electron chi connectivity index (χ2n) is 9.07. The van der Waals surface area contributed by atoms with Crippen LogP contribution in [0.15, 0.2) is 53.7 Å². The van der Waals surface area contributed by atoms with E-state index in [9.17, 15) is 4.79 Å². The Balaban J connectivity index is 1.27. The van der Waals surface area contributed by atoms with Gasteiger partial charge < -0.3 is 24.6 Å². The topological polar surface area (TPSA) is 79.3 Å². The number of hydrogen-bond donors (Lipinski definition) is 1. The van der Waals surface area contributed by atoms with Crippen LogP contribution in [0, 0.1) is 0 Å². The van der Waals surface area contributed by atoms with Gasteiger partial charge in [-0.1, -0.05) is 30.3 Å². The zero-order chi connectivity index (χ0) is 22.6. The zero-order valence-electron chi connectivity index (χ0n) is 19.0. The van der Waals surface area contributed by atoms with E-state index in [1.807, 2.05) is 63.2 Å². The predicted octanol–water partition coefficient (Wildman–Crippen LogP) is 3.04. The van der Waals surface area contributed by atoms with Crippen molar-refractivity contribution in [2.45, 2.75) is 45.6 Å². The lowest BCUT2D eigenvalue weighted by molar-refractivity contribution is 0.0137. The van der Waals surface area contributed by atoms with Crippen LogP contribution in [0.4, 0.5) is 4.79 Å². The van der Waals surface area contributed by atoms with Gasteiger partial charge in [-0.25, -0.2) is 9.78 Å². The average molecular weight is 438 g/mol. The molecule has 0 spiro atoms. The smallest absolute Gasteiger partial charge is 0.410 e. The zero-order valence-corrected chi connectivity index (χ0v) is 19.0. The SMILES string of the molecule is CC(C)(C)OC(=O)N1CCN2C(NCc3ccnc(OCc4ccccc4)c3)=NCC2C1. The highest BCUT2D eigenvalue weighted by Gasteiger charge is 2.36. The molecule has 3 heterocycles. The van der Waals surface area contributed by atoms with Gasteiger partial charge in [0.05, 0.1) is 12.6 Å². The van der Waals surface area contributed by atoms with Crippen molar-refractivity contribution in [1.82, 2.24) is 20.1 Å². The number of guanidine groups is 1. The third kappa shape index (κ3) is 5.69. The fourth-order valence-electron chi connectivity index (χ4n) is 3.77. The van der Waals surface area contributed by atoms with Crippen molar-refractivity contribution in [2.75, 3.05) is 26.2 Å². The van der Waals surface area contributed by atoms with Crippen molar-refractivity contribution in [3.63, 3.8) is 0 Å². The molecule has 2 aliphatic rings.